The van der Waals surface area contributed by atoms with Gasteiger partial charge in [0, 0.05) is 12.4 Å². The highest BCUT2D eigenvalue weighted by atomic mass is 15.4. The molecule has 6 nitrogen and oxygen atoms in total. The van der Waals surface area contributed by atoms with Crippen molar-refractivity contribution in [3.63, 3.8) is 0 Å². The van der Waals surface area contributed by atoms with Crippen molar-refractivity contribution < 1.29 is 0 Å². The van der Waals surface area contributed by atoms with Crippen LogP contribution in [0.25, 0.3) is 22.1 Å². The summed E-state index contributed by atoms with van der Waals surface area (Å²) in [5, 5.41) is 13.8. The zero-order valence-corrected chi connectivity index (χ0v) is 15.9. The van der Waals surface area contributed by atoms with Crippen molar-refractivity contribution >= 4 is 34.2 Å². The van der Waals surface area contributed by atoms with E-state index in [-0.39, 0.29) is 5.41 Å². The van der Waals surface area contributed by atoms with Crippen LogP contribution in [0.5, 0.6) is 0 Å². The van der Waals surface area contributed by atoms with Crippen molar-refractivity contribution in [3.8, 4) is 0 Å². The highest BCUT2D eigenvalue weighted by Crippen LogP contribution is 2.25. The van der Waals surface area contributed by atoms with Gasteiger partial charge < -0.3 is 4.57 Å². The predicted octanol–water partition coefficient (Wildman–Crippen LogP) is 4.26. The number of anilines is 1. The van der Waals surface area contributed by atoms with Crippen LogP contribution in [0.1, 0.15) is 31.9 Å². The highest BCUT2D eigenvalue weighted by molar-refractivity contribution is 6.04. The van der Waals surface area contributed by atoms with Gasteiger partial charge in [0.05, 0.1) is 11.7 Å². The Morgan fingerprint density at radius 1 is 1.00 bits per heavy atom. The summed E-state index contributed by atoms with van der Waals surface area (Å²) in [7, 11) is 1.98. The molecule has 2 heterocycles. The van der Waals surface area contributed by atoms with Crippen molar-refractivity contribution in [2.24, 2.45) is 12.1 Å². The zero-order chi connectivity index (χ0) is 19.0. The van der Waals surface area contributed by atoms with Gasteiger partial charge in [0.1, 0.15) is 5.52 Å². The van der Waals surface area contributed by atoms with Gasteiger partial charge in [0.15, 0.2) is 5.65 Å². The molecule has 0 aliphatic rings. The fraction of sp³-hybridized carbons (Fsp3) is 0.238. The molecule has 0 unspecified atom stereocenters. The lowest BCUT2D eigenvalue weighted by Crippen LogP contribution is -2.10. The van der Waals surface area contributed by atoms with E-state index in [1.54, 1.807) is 6.21 Å². The first-order valence-corrected chi connectivity index (χ1v) is 8.91. The van der Waals surface area contributed by atoms with Crippen LogP contribution in [0.15, 0.2) is 53.6 Å². The Balaban J connectivity index is 1.56. The third-order valence-corrected chi connectivity index (χ3v) is 4.66. The minimum absolute atomic E-state index is 0.140. The number of hydrogen-bond donors (Lipinski definition) is 1. The third kappa shape index (κ3) is 3.26. The van der Waals surface area contributed by atoms with Crippen LogP contribution >= 0.6 is 0 Å². The summed E-state index contributed by atoms with van der Waals surface area (Å²) in [6.45, 7) is 6.60. The second kappa shape index (κ2) is 6.46. The third-order valence-electron chi connectivity index (χ3n) is 4.66. The summed E-state index contributed by atoms with van der Waals surface area (Å²) in [4.78, 5) is 4.55. The second-order valence-electron chi connectivity index (χ2n) is 7.63. The highest BCUT2D eigenvalue weighted by Gasteiger charge is 2.13. The van der Waals surface area contributed by atoms with E-state index in [0.29, 0.717) is 5.95 Å². The molecule has 6 heteroatoms. The molecule has 2 aromatic heterocycles. The first-order valence-electron chi connectivity index (χ1n) is 8.91. The number of fused-ring (bicyclic) bond motifs is 3. The molecule has 0 fully saturated rings. The number of para-hydroxylation sites is 1. The molecule has 0 bridgehead atoms. The molecule has 2 aromatic carbocycles. The number of nitrogens with one attached hydrogen (secondary N) is 1. The van der Waals surface area contributed by atoms with Crippen molar-refractivity contribution in [1.82, 2.24) is 19.7 Å². The lowest BCUT2D eigenvalue weighted by atomic mass is 9.87. The Kier molecular flexibility index (Phi) is 4.11. The molecule has 0 aliphatic carbocycles. The van der Waals surface area contributed by atoms with E-state index in [1.807, 2.05) is 35.9 Å². The molecule has 136 valence electrons. The Morgan fingerprint density at radius 2 is 1.74 bits per heavy atom. The van der Waals surface area contributed by atoms with Crippen LogP contribution in [0.2, 0.25) is 0 Å². The van der Waals surface area contributed by atoms with Gasteiger partial charge in [-0.25, -0.2) is 5.43 Å². The van der Waals surface area contributed by atoms with Crippen LogP contribution < -0.4 is 5.43 Å². The van der Waals surface area contributed by atoms with Crippen molar-refractivity contribution in [1.29, 1.82) is 0 Å². The molecule has 0 spiro atoms. The number of aromatic nitrogens is 4. The average Bonchev–Trinajstić information content (AvgIpc) is 2.94. The maximum Gasteiger partial charge on any atom is 0.265 e. The first-order chi connectivity index (χ1) is 12.9. The molecule has 0 saturated carbocycles. The molecule has 0 saturated heterocycles. The first kappa shape index (κ1) is 17.1. The van der Waals surface area contributed by atoms with E-state index in [4.69, 9.17) is 0 Å². The maximum absolute atomic E-state index is 4.55. The molecule has 0 aliphatic heterocycles. The Morgan fingerprint density at radius 3 is 2.48 bits per heavy atom. The molecule has 4 rings (SSSR count). The SMILES string of the molecule is Cn1c2ccccc2c2nnc(N/N=C/c3ccc(C(C)(C)C)cc3)nc21. The topological polar surface area (TPSA) is 68.0 Å². The number of nitrogens with zero attached hydrogens (tertiary/aromatic N) is 5. The smallest absolute Gasteiger partial charge is 0.265 e. The van der Waals surface area contributed by atoms with Crippen LogP contribution in [0.3, 0.4) is 0 Å². The number of rotatable bonds is 3. The van der Waals surface area contributed by atoms with Crippen LogP contribution in [0.4, 0.5) is 5.95 Å². The molecule has 1 N–H and O–H groups in total. The predicted molar refractivity (Wildman–Crippen MR) is 110 cm³/mol. The van der Waals surface area contributed by atoms with E-state index in [9.17, 15) is 0 Å². The van der Waals surface area contributed by atoms with Gasteiger partial charge >= 0.3 is 0 Å². The quantitative estimate of drug-likeness (QED) is 0.439. The van der Waals surface area contributed by atoms with Gasteiger partial charge in [0.25, 0.3) is 5.95 Å². The van der Waals surface area contributed by atoms with Gasteiger partial charge in [-0.3, -0.25) is 0 Å². The number of hydrazone groups is 1. The summed E-state index contributed by atoms with van der Waals surface area (Å²) < 4.78 is 2.01. The normalized spacial score (nSPS) is 12.3. The monoisotopic (exact) mass is 358 g/mol. The van der Waals surface area contributed by atoms with E-state index >= 15 is 0 Å². The average molecular weight is 358 g/mol. The molecular formula is C21H22N6. The van der Waals surface area contributed by atoms with Gasteiger partial charge in [-0.1, -0.05) is 63.2 Å². The lowest BCUT2D eigenvalue weighted by molar-refractivity contribution is 0.590. The van der Waals surface area contributed by atoms with E-state index in [1.165, 1.54) is 5.56 Å². The minimum Gasteiger partial charge on any atom is -0.327 e. The molecular weight excluding hydrogens is 336 g/mol. The standard InChI is InChI=1S/C21H22N6/c1-21(2,3)15-11-9-14(10-12-15)13-22-25-20-23-19-18(24-26-20)16-7-5-6-8-17(16)27(19)4/h5-13H,1-4H3,(H,23,25,26)/b22-13+. The number of hydrogen-bond acceptors (Lipinski definition) is 5. The van der Waals surface area contributed by atoms with Gasteiger partial charge in [-0.15, -0.1) is 10.2 Å². The molecule has 0 amide bonds. The van der Waals surface area contributed by atoms with Crippen LogP contribution in [-0.4, -0.2) is 26.0 Å². The van der Waals surface area contributed by atoms with Crippen LogP contribution in [-0.2, 0) is 12.5 Å². The molecule has 0 atom stereocenters. The van der Waals surface area contributed by atoms with Gasteiger partial charge in [-0.2, -0.15) is 10.1 Å². The summed E-state index contributed by atoms with van der Waals surface area (Å²) in [5.74, 6) is 0.371. The lowest BCUT2D eigenvalue weighted by Gasteiger charge is -2.18. The van der Waals surface area contributed by atoms with E-state index in [0.717, 1.165) is 27.6 Å². The van der Waals surface area contributed by atoms with Crippen molar-refractivity contribution in [2.45, 2.75) is 26.2 Å². The Bertz CT molecular complexity index is 1130. The summed E-state index contributed by atoms with van der Waals surface area (Å²) in [6.07, 6.45) is 1.75. The summed E-state index contributed by atoms with van der Waals surface area (Å²) in [5.41, 5.74) is 7.96. The fourth-order valence-electron chi connectivity index (χ4n) is 3.09. The minimum atomic E-state index is 0.140. The van der Waals surface area contributed by atoms with E-state index in [2.05, 4.69) is 70.7 Å². The summed E-state index contributed by atoms with van der Waals surface area (Å²) >= 11 is 0. The fourth-order valence-corrected chi connectivity index (χ4v) is 3.09. The molecule has 27 heavy (non-hydrogen) atoms. The zero-order valence-electron chi connectivity index (χ0n) is 15.9. The maximum atomic E-state index is 4.55. The Hall–Kier alpha value is -3.28. The Labute approximate surface area is 158 Å². The molecule has 0 radical (unpaired) electrons. The summed E-state index contributed by atoms with van der Waals surface area (Å²) in [6, 6.07) is 16.4. The molecule has 4 aromatic rings. The van der Waals surface area contributed by atoms with Gasteiger partial charge in [0.2, 0.25) is 0 Å². The van der Waals surface area contributed by atoms with Crippen molar-refractivity contribution in [3.05, 3.63) is 59.7 Å². The van der Waals surface area contributed by atoms with Gasteiger partial charge in [-0.05, 0) is 22.6 Å². The number of benzene rings is 2. The van der Waals surface area contributed by atoms with E-state index < -0.39 is 0 Å². The van der Waals surface area contributed by atoms with Crippen molar-refractivity contribution in [2.75, 3.05) is 5.43 Å². The second-order valence-corrected chi connectivity index (χ2v) is 7.63. The van der Waals surface area contributed by atoms with Crippen LogP contribution in [0, 0.1) is 0 Å². The number of aryl methyl sites for hydroxylation is 1. The largest absolute Gasteiger partial charge is 0.327 e.